The topological polar surface area (TPSA) is 3.24 Å². The van der Waals surface area contributed by atoms with E-state index in [1.54, 1.807) is 0 Å². The van der Waals surface area contributed by atoms with Crippen LogP contribution in [0.15, 0.2) is 53.4 Å². The van der Waals surface area contributed by atoms with Crippen molar-refractivity contribution in [1.29, 1.82) is 0 Å². The summed E-state index contributed by atoms with van der Waals surface area (Å²) < 4.78 is 12.9. The van der Waals surface area contributed by atoms with Crippen molar-refractivity contribution < 1.29 is 4.39 Å². The van der Waals surface area contributed by atoms with Gasteiger partial charge < -0.3 is 4.90 Å². The summed E-state index contributed by atoms with van der Waals surface area (Å²) in [6, 6.07) is 15.5. The molecule has 0 spiro atoms. The van der Waals surface area contributed by atoms with Crippen LogP contribution in [0.2, 0.25) is 0 Å². The van der Waals surface area contributed by atoms with Crippen LogP contribution in [0, 0.1) is 5.82 Å². The Morgan fingerprint density at radius 3 is 2.70 bits per heavy atom. The fraction of sp³-hybridized carbons (Fsp3) is 0.294. The number of rotatable bonds is 4. The minimum atomic E-state index is -0.169. The lowest BCUT2D eigenvalue weighted by Crippen LogP contribution is -2.24. The van der Waals surface area contributed by atoms with Crippen LogP contribution in [0.1, 0.15) is 17.0 Å². The molecule has 1 aliphatic rings. The maximum atomic E-state index is 12.9. The van der Waals surface area contributed by atoms with Gasteiger partial charge in [-0.15, -0.1) is 11.8 Å². The Labute approximate surface area is 123 Å². The number of fused-ring (bicyclic) bond motifs is 1. The second-order valence-electron chi connectivity index (χ2n) is 5.37. The first-order valence-electron chi connectivity index (χ1n) is 6.87. The van der Waals surface area contributed by atoms with E-state index in [4.69, 9.17) is 0 Å². The van der Waals surface area contributed by atoms with Crippen LogP contribution in [0.5, 0.6) is 0 Å². The van der Waals surface area contributed by atoms with E-state index in [1.807, 2.05) is 23.9 Å². The van der Waals surface area contributed by atoms with Gasteiger partial charge in [-0.25, -0.2) is 4.39 Å². The lowest BCUT2D eigenvalue weighted by molar-refractivity contribution is 0.311. The molecule has 0 N–H and O–H groups in total. The first kappa shape index (κ1) is 13.7. The van der Waals surface area contributed by atoms with E-state index >= 15 is 0 Å². The Kier molecular flexibility index (Phi) is 4.08. The first-order valence-corrected chi connectivity index (χ1v) is 7.85. The number of hydrogen-bond acceptors (Lipinski definition) is 2. The molecule has 0 amide bonds. The Bertz CT molecular complexity index is 582. The highest BCUT2D eigenvalue weighted by molar-refractivity contribution is 7.99. The third kappa shape index (κ3) is 3.05. The summed E-state index contributed by atoms with van der Waals surface area (Å²) in [6.07, 6.45) is 0. The number of likely N-dealkylation sites (N-methyl/N-ethyl adjacent to an activating group) is 1. The highest BCUT2D eigenvalue weighted by Crippen LogP contribution is 2.39. The molecule has 1 aliphatic heterocycles. The number of hydrogen-bond donors (Lipinski definition) is 0. The van der Waals surface area contributed by atoms with Crippen molar-refractivity contribution in [3.05, 3.63) is 65.5 Å². The van der Waals surface area contributed by atoms with Gasteiger partial charge in [0.2, 0.25) is 0 Å². The Morgan fingerprint density at radius 1 is 1.15 bits per heavy atom. The molecule has 1 nitrogen and oxygen atoms in total. The van der Waals surface area contributed by atoms with Crippen LogP contribution in [-0.4, -0.2) is 24.2 Å². The quantitative estimate of drug-likeness (QED) is 0.831. The largest absolute Gasteiger partial charge is 0.301 e. The van der Waals surface area contributed by atoms with Gasteiger partial charge >= 0.3 is 0 Å². The molecule has 1 heterocycles. The van der Waals surface area contributed by atoms with Crippen molar-refractivity contribution >= 4 is 11.8 Å². The second-order valence-corrected chi connectivity index (χ2v) is 6.43. The second kappa shape index (κ2) is 5.98. The number of halogens is 1. The third-order valence-corrected chi connectivity index (χ3v) is 4.95. The minimum Gasteiger partial charge on any atom is -0.301 e. The van der Waals surface area contributed by atoms with Crippen molar-refractivity contribution in [1.82, 2.24) is 4.90 Å². The lowest BCUT2D eigenvalue weighted by atomic mass is 10.0. The van der Waals surface area contributed by atoms with E-state index in [9.17, 15) is 4.39 Å². The molecular formula is C17H18FNS. The summed E-state index contributed by atoms with van der Waals surface area (Å²) in [5, 5.41) is 0. The van der Waals surface area contributed by atoms with Gasteiger partial charge in [0, 0.05) is 29.7 Å². The molecule has 2 aromatic rings. The maximum Gasteiger partial charge on any atom is 0.123 e. The molecule has 0 aromatic heterocycles. The molecule has 104 valence electrons. The highest BCUT2D eigenvalue weighted by Gasteiger charge is 2.23. The molecule has 0 saturated carbocycles. The van der Waals surface area contributed by atoms with Crippen molar-refractivity contribution in [3.63, 3.8) is 0 Å². The van der Waals surface area contributed by atoms with E-state index in [2.05, 4.69) is 36.2 Å². The van der Waals surface area contributed by atoms with Crippen molar-refractivity contribution in [3.8, 4) is 0 Å². The van der Waals surface area contributed by atoms with E-state index in [0.29, 0.717) is 5.92 Å². The Morgan fingerprint density at radius 2 is 1.90 bits per heavy atom. The monoisotopic (exact) mass is 287 g/mol. The van der Waals surface area contributed by atoms with Gasteiger partial charge in [0.15, 0.2) is 0 Å². The predicted octanol–water partition coefficient (Wildman–Crippen LogP) is 4.15. The summed E-state index contributed by atoms with van der Waals surface area (Å²) >= 11 is 1.95. The van der Waals surface area contributed by atoms with Crippen LogP contribution in [-0.2, 0) is 6.54 Å². The fourth-order valence-corrected chi connectivity index (χ4v) is 3.96. The van der Waals surface area contributed by atoms with E-state index < -0.39 is 0 Å². The average Bonchev–Trinajstić information content (AvgIpc) is 2.85. The summed E-state index contributed by atoms with van der Waals surface area (Å²) in [4.78, 5) is 3.74. The van der Waals surface area contributed by atoms with Crippen molar-refractivity contribution in [2.24, 2.45) is 0 Å². The molecule has 20 heavy (non-hydrogen) atoms. The van der Waals surface area contributed by atoms with Gasteiger partial charge in [-0.05, 0) is 36.4 Å². The van der Waals surface area contributed by atoms with Gasteiger partial charge in [0.05, 0.1) is 0 Å². The van der Waals surface area contributed by atoms with Crippen LogP contribution < -0.4 is 0 Å². The van der Waals surface area contributed by atoms with Crippen molar-refractivity contribution in [2.45, 2.75) is 17.4 Å². The third-order valence-electron chi connectivity index (χ3n) is 3.70. The number of thioether (sulfide) groups is 1. The lowest BCUT2D eigenvalue weighted by Gasteiger charge is -2.21. The normalized spacial score (nSPS) is 17.4. The van der Waals surface area contributed by atoms with E-state index in [-0.39, 0.29) is 5.82 Å². The molecule has 3 heteroatoms. The van der Waals surface area contributed by atoms with Crippen LogP contribution >= 0.6 is 11.8 Å². The molecule has 3 rings (SSSR count). The molecule has 2 aromatic carbocycles. The van der Waals surface area contributed by atoms with Gasteiger partial charge in [0.25, 0.3) is 0 Å². The SMILES string of the molecule is CN(Cc1ccc(F)cc1)CC1CSc2ccccc21. The van der Waals surface area contributed by atoms with Crippen LogP contribution in [0.25, 0.3) is 0 Å². The Hall–Kier alpha value is -1.32. The average molecular weight is 287 g/mol. The molecule has 1 unspecified atom stereocenters. The minimum absolute atomic E-state index is 0.169. The summed E-state index contributed by atoms with van der Waals surface area (Å²) in [5.41, 5.74) is 2.64. The summed E-state index contributed by atoms with van der Waals surface area (Å²) in [5.74, 6) is 1.59. The maximum absolute atomic E-state index is 12.9. The van der Waals surface area contributed by atoms with Crippen LogP contribution in [0.4, 0.5) is 4.39 Å². The molecule has 0 radical (unpaired) electrons. The van der Waals surface area contributed by atoms with Gasteiger partial charge in [-0.3, -0.25) is 0 Å². The molecule has 0 fully saturated rings. The van der Waals surface area contributed by atoms with E-state index in [0.717, 1.165) is 24.4 Å². The highest BCUT2D eigenvalue weighted by atomic mass is 32.2. The van der Waals surface area contributed by atoms with Crippen molar-refractivity contribution in [2.75, 3.05) is 19.3 Å². The van der Waals surface area contributed by atoms with Crippen LogP contribution in [0.3, 0.4) is 0 Å². The molecule has 1 atom stereocenters. The molecule has 0 aliphatic carbocycles. The summed E-state index contributed by atoms with van der Waals surface area (Å²) in [7, 11) is 2.13. The zero-order valence-electron chi connectivity index (χ0n) is 11.6. The fourth-order valence-electron chi connectivity index (χ4n) is 2.72. The molecular weight excluding hydrogens is 269 g/mol. The zero-order valence-corrected chi connectivity index (χ0v) is 12.4. The standard InChI is InChI=1S/C17H18FNS/c1-19(10-13-6-8-15(18)9-7-13)11-14-12-20-17-5-3-2-4-16(14)17/h2-9,14H,10-12H2,1H3. The Balaban J connectivity index is 1.62. The molecule has 0 bridgehead atoms. The number of nitrogens with zero attached hydrogens (tertiary/aromatic N) is 1. The van der Waals surface area contributed by atoms with Gasteiger partial charge in [-0.2, -0.15) is 0 Å². The zero-order chi connectivity index (χ0) is 13.9. The smallest absolute Gasteiger partial charge is 0.123 e. The number of benzene rings is 2. The molecule has 0 saturated heterocycles. The van der Waals surface area contributed by atoms with Gasteiger partial charge in [-0.1, -0.05) is 30.3 Å². The van der Waals surface area contributed by atoms with Gasteiger partial charge in [0.1, 0.15) is 5.82 Å². The van der Waals surface area contributed by atoms with E-state index in [1.165, 1.54) is 22.6 Å². The first-order chi connectivity index (χ1) is 9.72. The summed E-state index contributed by atoms with van der Waals surface area (Å²) in [6.45, 7) is 1.91. The predicted molar refractivity (Wildman–Crippen MR) is 82.6 cm³/mol.